The maximum atomic E-state index is 12.6. The fourth-order valence-electron chi connectivity index (χ4n) is 2.56. The number of hydrogen-bond donors (Lipinski definition) is 1. The molecular formula is C20H18BrNO4. The first-order chi connectivity index (χ1) is 12.5. The van der Waals surface area contributed by atoms with Crippen molar-refractivity contribution in [2.24, 2.45) is 0 Å². The summed E-state index contributed by atoms with van der Waals surface area (Å²) in [5, 5.41) is 10.0. The van der Waals surface area contributed by atoms with Crippen molar-refractivity contribution in [3.8, 4) is 22.8 Å². The molecule has 26 heavy (non-hydrogen) atoms. The summed E-state index contributed by atoms with van der Waals surface area (Å²) in [5.74, 6) is 1.47. The van der Waals surface area contributed by atoms with E-state index < -0.39 is 0 Å². The molecule has 0 saturated carbocycles. The van der Waals surface area contributed by atoms with Crippen LogP contribution in [0.1, 0.15) is 16.1 Å². The molecule has 0 aliphatic rings. The maximum absolute atomic E-state index is 12.6. The van der Waals surface area contributed by atoms with Crippen LogP contribution in [0.2, 0.25) is 0 Å². The number of halogens is 1. The van der Waals surface area contributed by atoms with E-state index in [4.69, 9.17) is 9.15 Å². The maximum Gasteiger partial charge on any atom is 0.257 e. The van der Waals surface area contributed by atoms with Crippen LogP contribution in [0.4, 0.5) is 0 Å². The van der Waals surface area contributed by atoms with Gasteiger partial charge in [-0.25, -0.2) is 0 Å². The topological polar surface area (TPSA) is 62.9 Å². The minimum Gasteiger partial charge on any atom is -0.507 e. The Kier molecular flexibility index (Phi) is 5.32. The van der Waals surface area contributed by atoms with E-state index in [0.29, 0.717) is 18.1 Å². The van der Waals surface area contributed by atoms with Crippen LogP contribution in [0.5, 0.6) is 11.5 Å². The van der Waals surface area contributed by atoms with Crippen molar-refractivity contribution < 1.29 is 19.1 Å². The largest absolute Gasteiger partial charge is 0.507 e. The lowest BCUT2D eigenvalue weighted by Crippen LogP contribution is -2.26. The number of rotatable bonds is 5. The van der Waals surface area contributed by atoms with Crippen molar-refractivity contribution in [1.29, 1.82) is 0 Å². The van der Waals surface area contributed by atoms with Gasteiger partial charge < -0.3 is 19.2 Å². The fourth-order valence-corrected chi connectivity index (χ4v) is 2.83. The zero-order valence-electron chi connectivity index (χ0n) is 14.4. The predicted molar refractivity (Wildman–Crippen MR) is 102 cm³/mol. The normalized spacial score (nSPS) is 10.6. The van der Waals surface area contributed by atoms with Crippen LogP contribution in [-0.4, -0.2) is 30.1 Å². The van der Waals surface area contributed by atoms with Crippen LogP contribution >= 0.6 is 15.9 Å². The molecule has 0 atom stereocenters. The minimum atomic E-state index is -0.299. The summed E-state index contributed by atoms with van der Waals surface area (Å²) in [4.78, 5) is 14.1. The molecule has 1 amide bonds. The molecule has 0 bridgehead atoms. The standard InChI is InChI=1S/C20H18BrNO4/c1-22(20(24)17-9-7-15(25-2)11-18(17)23)12-16-8-10-19(26-16)13-3-5-14(21)6-4-13/h3-11,23H,12H2,1-2H3. The molecule has 0 radical (unpaired) electrons. The van der Waals surface area contributed by atoms with Gasteiger partial charge in [-0.3, -0.25) is 4.79 Å². The number of furan rings is 1. The molecule has 1 aromatic heterocycles. The first-order valence-corrected chi connectivity index (χ1v) is 8.74. The number of phenolic OH excluding ortho intramolecular Hbond substituents is 1. The fraction of sp³-hybridized carbons (Fsp3) is 0.150. The van der Waals surface area contributed by atoms with E-state index in [9.17, 15) is 9.90 Å². The van der Waals surface area contributed by atoms with E-state index in [0.717, 1.165) is 15.8 Å². The quantitative estimate of drug-likeness (QED) is 0.655. The van der Waals surface area contributed by atoms with Crippen molar-refractivity contribution in [3.05, 3.63) is 70.4 Å². The number of methoxy groups -OCH3 is 1. The molecule has 3 rings (SSSR count). The Bertz CT molecular complexity index is 918. The van der Waals surface area contributed by atoms with E-state index in [1.807, 2.05) is 36.4 Å². The minimum absolute atomic E-state index is 0.115. The van der Waals surface area contributed by atoms with Gasteiger partial charge in [0.2, 0.25) is 0 Å². The molecule has 0 unspecified atom stereocenters. The van der Waals surface area contributed by atoms with Crippen molar-refractivity contribution >= 4 is 21.8 Å². The van der Waals surface area contributed by atoms with Gasteiger partial charge in [0.15, 0.2) is 0 Å². The summed E-state index contributed by atoms with van der Waals surface area (Å²) in [7, 11) is 3.16. The van der Waals surface area contributed by atoms with Crippen molar-refractivity contribution in [2.75, 3.05) is 14.2 Å². The van der Waals surface area contributed by atoms with Gasteiger partial charge in [-0.15, -0.1) is 0 Å². The van der Waals surface area contributed by atoms with Crippen LogP contribution in [0.25, 0.3) is 11.3 Å². The second-order valence-electron chi connectivity index (χ2n) is 5.82. The van der Waals surface area contributed by atoms with Gasteiger partial charge in [-0.1, -0.05) is 28.1 Å². The highest BCUT2D eigenvalue weighted by atomic mass is 79.9. The van der Waals surface area contributed by atoms with Gasteiger partial charge in [0.25, 0.3) is 5.91 Å². The zero-order chi connectivity index (χ0) is 18.7. The number of amides is 1. The van der Waals surface area contributed by atoms with Crippen molar-refractivity contribution in [3.63, 3.8) is 0 Å². The molecule has 0 spiro atoms. The summed E-state index contributed by atoms with van der Waals surface area (Å²) in [6.45, 7) is 0.292. The number of carbonyl (C=O) groups is 1. The molecule has 6 heteroatoms. The van der Waals surface area contributed by atoms with Crippen LogP contribution < -0.4 is 4.74 Å². The van der Waals surface area contributed by atoms with Crippen LogP contribution in [-0.2, 0) is 6.54 Å². The average Bonchev–Trinajstić information content (AvgIpc) is 3.10. The second-order valence-corrected chi connectivity index (χ2v) is 6.73. The Balaban J connectivity index is 1.73. The number of benzene rings is 2. The summed E-state index contributed by atoms with van der Waals surface area (Å²) in [6, 6.07) is 16.1. The Morgan fingerprint density at radius 2 is 1.88 bits per heavy atom. The highest BCUT2D eigenvalue weighted by Crippen LogP contribution is 2.27. The number of ether oxygens (including phenoxy) is 1. The average molecular weight is 416 g/mol. The Morgan fingerprint density at radius 3 is 2.54 bits per heavy atom. The summed E-state index contributed by atoms with van der Waals surface area (Å²) in [6.07, 6.45) is 0. The third-order valence-electron chi connectivity index (χ3n) is 3.97. The van der Waals surface area contributed by atoms with Gasteiger partial charge in [0.1, 0.15) is 23.0 Å². The number of hydrogen-bond acceptors (Lipinski definition) is 4. The predicted octanol–water partition coefficient (Wildman–Crippen LogP) is 4.70. The third-order valence-corrected chi connectivity index (χ3v) is 4.49. The molecule has 2 aromatic carbocycles. The van der Waals surface area contributed by atoms with E-state index in [1.165, 1.54) is 18.1 Å². The Morgan fingerprint density at radius 1 is 1.15 bits per heavy atom. The van der Waals surface area contributed by atoms with E-state index in [1.54, 1.807) is 19.2 Å². The van der Waals surface area contributed by atoms with Crippen LogP contribution in [0.15, 0.2) is 63.5 Å². The molecule has 5 nitrogen and oxygen atoms in total. The second kappa shape index (κ2) is 7.66. The molecule has 0 saturated heterocycles. The summed E-state index contributed by atoms with van der Waals surface area (Å²) < 4.78 is 11.9. The van der Waals surface area contributed by atoms with E-state index >= 15 is 0 Å². The first-order valence-electron chi connectivity index (χ1n) is 7.95. The Hall–Kier alpha value is -2.73. The van der Waals surface area contributed by atoms with E-state index in [-0.39, 0.29) is 17.2 Å². The molecule has 1 N–H and O–H groups in total. The van der Waals surface area contributed by atoms with Crippen LogP contribution in [0, 0.1) is 0 Å². The zero-order valence-corrected chi connectivity index (χ0v) is 16.0. The van der Waals surface area contributed by atoms with Crippen molar-refractivity contribution in [1.82, 2.24) is 4.90 Å². The van der Waals surface area contributed by atoms with Gasteiger partial charge in [0.05, 0.1) is 19.2 Å². The highest BCUT2D eigenvalue weighted by Gasteiger charge is 2.18. The smallest absolute Gasteiger partial charge is 0.257 e. The number of nitrogens with zero attached hydrogens (tertiary/aromatic N) is 1. The van der Waals surface area contributed by atoms with Gasteiger partial charge in [-0.2, -0.15) is 0 Å². The van der Waals surface area contributed by atoms with Gasteiger partial charge in [0, 0.05) is 23.2 Å². The van der Waals surface area contributed by atoms with E-state index in [2.05, 4.69) is 15.9 Å². The molecule has 0 fully saturated rings. The number of phenols is 1. The van der Waals surface area contributed by atoms with Crippen LogP contribution in [0.3, 0.4) is 0 Å². The molecular weight excluding hydrogens is 398 g/mol. The third kappa shape index (κ3) is 3.91. The Labute approximate surface area is 159 Å². The lowest BCUT2D eigenvalue weighted by molar-refractivity contribution is 0.0772. The first kappa shape index (κ1) is 18.1. The molecule has 0 aliphatic heterocycles. The summed E-state index contributed by atoms with van der Waals surface area (Å²) >= 11 is 3.41. The monoisotopic (exact) mass is 415 g/mol. The number of carbonyl (C=O) groups excluding carboxylic acids is 1. The summed E-state index contributed by atoms with van der Waals surface area (Å²) in [5.41, 5.74) is 1.18. The van der Waals surface area contributed by atoms with Crippen molar-refractivity contribution in [2.45, 2.75) is 6.54 Å². The lowest BCUT2D eigenvalue weighted by atomic mass is 10.1. The highest BCUT2D eigenvalue weighted by molar-refractivity contribution is 9.10. The van der Waals surface area contributed by atoms with Gasteiger partial charge in [-0.05, 0) is 36.4 Å². The molecule has 134 valence electrons. The van der Waals surface area contributed by atoms with Gasteiger partial charge >= 0.3 is 0 Å². The molecule has 0 aliphatic carbocycles. The SMILES string of the molecule is COc1ccc(C(=O)N(C)Cc2ccc(-c3ccc(Br)cc3)o2)c(O)c1. The molecule has 3 aromatic rings. The lowest BCUT2D eigenvalue weighted by Gasteiger charge is -2.16. The number of aromatic hydroxyl groups is 1. The molecule has 1 heterocycles.